The fourth-order valence-corrected chi connectivity index (χ4v) is 5.60. The Bertz CT molecular complexity index is 873. The van der Waals surface area contributed by atoms with Crippen LogP contribution in [0.5, 0.6) is 0 Å². The van der Waals surface area contributed by atoms with Crippen LogP contribution in [0.2, 0.25) is 0 Å². The van der Waals surface area contributed by atoms with E-state index in [-0.39, 0.29) is 0 Å². The molecular weight excluding hydrogens is 348 g/mol. The lowest BCUT2D eigenvalue weighted by Crippen LogP contribution is -2.40. The van der Waals surface area contributed by atoms with Crippen LogP contribution in [0.4, 0.5) is 0 Å². The minimum absolute atomic E-state index is 0.296. The summed E-state index contributed by atoms with van der Waals surface area (Å²) in [5.41, 5.74) is 0.804. The van der Waals surface area contributed by atoms with Gasteiger partial charge >= 0.3 is 0 Å². The minimum atomic E-state index is -3.43. The molecule has 2 heterocycles. The van der Waals surface area contributed by atoms with Gasteiger partial charge in [-0.3, -0.25) is 0 Å². The number of benzene rings is 1. The molecule has 2 aromatic rings. The predicted molar refractivity (Wildman–Crippen MR) is 99.1 cm³/mol. The van der Waals surface area contributed by atoms with Crippen LogP contribution in [0.3, 0.4) is 0 Å². The van der Waals surface area contributed by atoms with Crippen LogP contribution >= 0.6 is 0 Å². The lowest BCUT2D eigenvalue weighted by atomic mass is 9.96. The fraction of sp³-hybridized carbons (Fsp3) is 0.579. The van der Waals surface area contributed by atoms with Gasteiger partial charge in [0.05, 0.1) is 4.90 Å². The van der Waals surface area contributed by atoms with Crippen molar-refractivity contribution in [3.8, 4) is 0 Å². The Labute approximate surface area is 155 Å². The van der Waals surface area contributed by atoms with Crippen molar-refractivity contribution in [1.82, 2.24) is 19.1 Å². The van der Waals surface area contributed by atoms with Crippen molar-refractivity contribution in [3.63, 3.8) is 0 Å². The Balaban J connectivity index is 1.47. The lowest BCUT2D eigenvalue weighted by Gasteiger charge is -2.32. The maximum Gasteiger partial charge on any atom is 0.243 e. The summed E-state index contributed by atoms with van der Waals surface area (Å²) < 4.78 is 30.0. The molecule has 2 aliphatic rings. The largest absolute Gasteiger partial charge is 0.317 e. The van der Waals surface area contributed by atoms with Gasteiger partial charge in [0, 0.05) is 26.1 Å². The van der Waals surface area contributed by atoms with Crippen LogP contribution in [0.15, 0.2) is 35.5 Å². The van der Waals surface area contributed by atoms with E-state index < -0.39 is 10.0 Å². The molecule has 0 spiro atoms. The molecule has 1 aliphatic heterocycles. The molecule has 0 radical (unpaired) electrons. The predicted octanol–water partition coefficient (Wildman–Crippen LogP) is 2.64. The first kappa shape index (κ1) is 17.7. The second-order valence-corrected chi connectivity index (χ2v) is 9.59. The average molecular weight is 375 g/mol. The Hall–Kier alpha value is -1.73. The maximum atomic E-state index is 13.1. The number of rotatable bonds is 6. The van der Waals surface area contributed by atoms with Gasteiger partial charge in [-0.15, -0.1) is 10.2 Å². The van der Waals surface area contributed by atoms with Crippen molar-refractivity contribution in [3.05, 3.63) is 42.0 Å². The molecule has 1 aromatic carbocycles. The van der Waals surface area contributed by atoms with Crippen molar-refractivity contribution in [2.75, 3.05) is 13.1 Å². The van der Waals surface area contributed by atoms with Gasteiger partial charge < -0.3 is 4.57 Å². The van der Waals surface area contributed by atoms with Gasteiger partial charge in [-0.05, 0) is 56.1 Å². The van der Waals surface area contributed by atoms with Gasteiger partial charge in [0.25, 0.3) is 0 Å². The first-order valence-corrected chi connectivity index (χ1v) is 10.9. The molecule has 2 fully saturated rings. The Morgan fingerprint density at radius 1 is 1.15 bits per heavy atom. The van der Waals surface area contributed by atoms with E-state index in [2.05, 4.69) is 14.8 Å². The summed E-state index contributed by atoms with van der Waals surface area (Å²) in [7, 11) is -3.43. The molecule has 1 aliphatic carbocycles. The minimum Gasteiger partial charge on any atom is -0.317 e. The molecule has 0 bridgehead atoms. The first-order valence-electron chi connectivity index (χ1n) is 9.46. The summed E-state index contributed by atoms with van der Waals surface area (Å²) in [6, 6.07) is 7.23. The number of hydrogen-bond acceptors (Lipinski definition) is 4. The molecule has 0 amide bonds. The summed E-state index contributed by atoms with van der Waals surface area (Å²) in [4.78, 5) is 0.428. The van der Waals surface area contributed by atoms with Crippen LogP contribution in [-0.4, -0.2) is 40.6 Å². The summed E-state index contributed by atoms with van der Waals surface area (Å²) in [5.74, 6) is 2.07. The quantitative estimate of drug-likeness (QED) is 0.779. The lowest BCUT2D eigenvalue weighted by molar-refractivity contribution is 0.261. The zero-order valence-corrected chi connectivity index (χ0v) is 16.0. The van der Waals surface area contributed by atoms with Crippen molar-refractivity contribution in [2.45, 2.75) is 50.5 Å². The Kier molecular flexibility index (Phi) is 4.84. The van der Waals surface area contributed by atoms with Crippen molar-refractivity contribution in [2.24, 2.45) is 11.8 Å². The molecule has 26 heavy (non-hydrogen) atoms. The topological polar surface area (TPSA) is 68.1 Å². The SMILES string of the molecule is Cc1ccccc1S(=O)(=O)N1CCCC(Cc2nncn2CC2CC2)C1. The third-order valence-corrected chi connectivity index (χ3v) is 7.54. The number of piperidine rings is 1. The molecule has 1 saturated heterocycles. The van der Waals surface area contributed by atoms with Gasteiger partial charge in [-0.2, -0.15) is 4.31 Å². The highest BCUT2D eigenvalue weighted by molar-refractivity contribution is 7.89. The Morgan fingerprint density at radius 2 is 1.96 bits per heavy atom. The van der Waals surface area contributed by atoms with Crippen LogP contribution in [-0.2, 0) is 23.0 Å². The summed E-state index contributed by atoms with van der Waals surface area (Å²) in [6.45, 7) is 4.02. The summed E-state index contributed by atoms with van der Waals surface area (Å²) >= 11 is 0. The van der Waals surface area contributed by atoms with E-state index >= 15 is 0 Å². The molecule has 140 valence electrons. The van der Waals surface area contributed by atoms with E-state index in [1.54, 1.807) is 16.4 Å². The number of hydrogen-bond donors (Lipinski definition) is 0. The number of nitrogens with zero attached hydrogens (tertiary/aromatic N) is 4. The number of sulfonamides is 1. The number of aryl methyl sites for hydroxylation is 1. The van der Waals surface area contributed by atoms with Crippen LogP contribution < -0.4 is 0 Å². The number of aromatic nitrogens is 3. The highest BCUT2D eigenvalue weighted by Gasteiger charge is 2.32. The Morgan fingerprint density at radius 3 is 2.73 bits per heavy atom. The van der Waals surface area contributed by atoms with E-state index in [4.69, 9.17) is 0 Å². The van der Waals surface area contributed by atoms with Crippen molar-refractivity contribution >= 4 is 10.0 Å². The first-order chi connectivity index (χ1) is 12.5. The van der Waals surface area contributed by atoms with Crippen LogP contribution in [0.25, 0.3) is 0 Å². The zero-order chi connectivity index (χ0) is 18.1. The fourth-order valence-electron chi connectivity index (χ4n) is 3.82. The van der Waals surface area contributed by atoms with Gasteiger partial charge in [0.2, 0.25) is 10.0 Å². The van der Waals surface area contributed by atoms with E-state index in [0.717, 1.165) is 43.1 Å². The van der Waals surface area contributed by atoms with Gasteiger partial charge in [-0.25, -0.2) is 8.42 Å². The normalized spacial score (nSPS) is 21.8. The molecule has 4 rings (SSSR count). The average Bonchev–Trinajstić information content (AvgIpc) is 3.35. The summed E-state index contributed by atoms with van der Waals surface area (Å²) in [6.07, 6.45) is 7.14. The van der Waals surface area contributed by atoms with E-state index in [1.807, 2.05) is 25.4 Å². The second kappa shape index (κ2) is 7.12. The second-order valence-electron chi connectivity index (χ2n) is 7.68. The molecule has 1 saturated carbocycles. The third-order valence-electron chi connectivity index (χ3n) is 5.51. The molecule has 6 nitrogen and oxygen atoms in total. The smallest absolute Gasteiger partial charge is 0.243 e. The zero-order valence-electron chi connectivity index (χ0n) is 15.2. The van der Waals surface area contributed by atoms with E-state index in [9.17, 15) is 8.42 Å². The molecular formula is C19H26N4O2S. The monoisotopic (exact) mass is 374 g/mol. The highest BCUT2D eigenvalue weighted by atomic mass is 32.2. The van der Waals surface area contributed by atoms with Crippen molar-refractivity contribution in [1.29, 1.82) is 0 Å². The standard InChI is InChI=1S/C19H26N4O2S/c1-15-5-2-3-7-18(15)26(24,25)23-10-4-6-17(13-23)11-19-21-20-14-22(19)12-16-8-9-16/h2-3,5,7,14,16-17H,4,6,8-13H2,1H3. The maximum absolute atomic E-state index is 13.1. The molecule has 7 heteroatoms. The highest BCUT2D eigenvalue weighted by Crippen LogP contribution is 2.31. The molecule has 1 atom stereocenters. The van der Waals surface area contributed by atoms with Gasteiger partial charge in [0.15, 0.2) is 0 Å². The third kappa shape index (κ3) is 3.69. The van der Waals surface area contributed by atoms with Crippen LogP contribution in [0, 0.1) is 18.8 Å². The molecule has 1 aromatic heterocycles. The van der Waals surface area contributed by atoms with Gasteiger partial charge in [-0.1, -0.05) is 18.2 Å². The van der Waals surface area contributed by atoms with Crippen LogP contribution in [0.1, 0.15) is 37.1 Å². The molecule has 1 unspecified atom stereocenters. The van der Waals surface area contributed by atoms with Gasteiger partial charge in [0.1, 0.15) is 12.2 Å². The summed E-state index contributed by atoms with van der Waals surface area (Å²) in [5, 5.41) is 8.37. The van der Waals surface area contributed by atoms with E-state index in [1.165, 1.54) is 12.8 Å². The van der Waals surface area contributed by atoms with Crippen molar-refractivity contribution < 1.29 is 8.42 Å². The van der Waals surface area contributed by atoms with E-state index in [0.29, 0.717) is 23.9 Å². The molecule has 0 N–H and O–H groups in total.